The van der Waals surface area contributed by atoms with Crippen LogP contribution in [0.3, 0.4) is 0 Å². The zero-order chi connectivity index (χ0) is 17.6. The fourth-order valence-corrected chi connectivity index (χ4v) is 3.32. The number of furan rings is 1. The van der Waals surface area contributed by atoms with Crippen LogP contribution in [-0.4, -0.2) is 26.4 Å². The average Bonchev–Trinajstić information content (AvgIpc) is 3.30. The zero-order valence-electron chi connectivity index (χ0n) is 14.2. The number of carbonyl (C=O) groups excluding carboxylic acids is 1. The van der Waals surface area contributed by atoms with Crippen molar-refractivity contribution < 1.29 is 9.21 Å². The first kappa shape index (κ1) is 17.3. The first-order valence-corrected chi connectivity index (χ1v) is 9.11. The number of nitrogens with one attached hydrogen (secondary N) is 1. The van der Waals surface area contributed by atoms with Gasteiger partial charge in [0.2, 0.25) is 5.91 Å². The van der Waals surface area contributed by atoms with Gasteiger partial charge in [-0.2, -0.15) is 0 Å². The summed E-state index contributed by atoms with van der Waals surface area (Å²) in [4.78, 5) is 12.2. The van der Waals surface area contributed by atoms with Crippen molar-refractivity contribution in [2.24, 2.45) is 0 Å². The quantitative estimate of drug-likeness (QED) is 0.656. The molecular formula is C18H20N4O2S. The van der Waals surface area contributed by atoms with Crippen LogP contribution in [0.5, 0.6) is 0 Å². The molecule has 0 aliphatic heterocycles. The minimum Gasteiger partial charge on any atom is -0.467 e. The molecule has 1 amide bonds. The summed E-state index contributed by atoms with van der Waals surface area (Å²) < 4.78 is 7.32. The molecule has 3 aromatic rings. The summed E-state index contributed by atoms with van der Waals surface area (Å²) in [6.45, 7) is 4.67. The molecule has 0 unspecified atom stereocenters. The van der Waals surface area contributed by atoms with Crippen molar-refractivity contribution in [3.8, 4) is 11.4 Å². The van der Waals surface area contributed by atoms with Crippen molar-refractivity contribution in [3.63, 3.8) is 0 Å². The predicted molar refractivity (Wildman–Crippen MR) is 97.1 cm³/mol. The number of hydrogen-bond acceptors (Lipinski definition) is 5. The van der Waals surface area contributed by atoms with E-state index in [-0.39, 0.29) is 17.7 Å². The minimum absolute atomic E-state index is 0.0687. The summed E-state index contributed by atoms with van der Waals surface area (Å²) in [5.41, 5.74) is 1.01. The van der Waals surface area contributed by atoms with Gasteiger partial charge in [0.15, 0.2) is 11.0 Å². The van der Waals surface area contributed by atoms with Gasteiger partial charge in [0.1, 0.15) is 5.76 Å². The maximum atomic E-state index is 12.2. The van der Waals surface area contributed by atoms with E-state index in [0.29, 0.717) is 0 Å². The Hall–Kier alpha value is -2.54. The second-order valence-corrected chi connectivity index (χ2v) is 6.45. The Morgan fingerprint density at radius 1 is 1.24 bits per heavy atom. The van der Waals surface area contributed by atoms with E-state index in [2.05, 4.69) is 15.5 Å². The molecule has 0 saturated carbocycles. The van der Waals surface area contributed by atoms with Crippen molar-refractivity contribution in [1.82, 2.24) is 20.1 Å². The summed E-state index contributed by atoms with van der Waals surface area (Å²) in [5.74, 6) is 1.76. The van der Waals surface area contributed by atoms with Gasteiger partial charge in [-0.1, -0.05) is 42.1 Å². The Balaban J connectivity index is 1.63. The van der Waals surface area contributed by atoms with E-state index < -0.39 is 0 Å². The van der Waals surface area contributed by atoms with E-state index >= 15 is 0 Å². The molecule has 7 heteroatoms. The Morgan fingerprint density at radius 2 is 2.04 bits per heavy atom. The van der Waals surface area contributed by atoms with Gasteiger partial charge in [-0.25, -0.2) is 0 Å². The van der Waals surface area contributed by atoms with E-state index in [0.717, 1.165) is 28.8 Å². The first-order valence-electron chi connectivity index (χ1n) is 8.13. The molecule has 0 aliphatic rings. The normalized spacial score (nSPS) is 12.1. The zero-order valence-corrected chi connectivity index (χ0v) is 15.0. The molecule has 0 spiro atoms. The van der Waals surface area contributed by atoms with Gasteiger partial charge in [0, 0.05) is 12.1 Å². The Bertz CT molecular complexity index is 815. The van der Waals surface area contributed by atoms with Crippen LogP contribution < -0.4 is 5.32 Å². The van der Waals surface area contributed by atoms with Crippen LogP contribution in [0, 0.1) is 0 Å². The number of aromatic nitrogens is 3. The third kappa shape index (κ3) is 4.11. The number of nitrogens with zero attached hydrogens (tertiary/aromatic N) is 3. The number of amides is 1. The fourth-order valence-electron chi connectivity index (χ4n) is 2.50. The maximum absolute atomic E-state index is 12.2. The molecule has 1 atom stereocenters. The van der Waals surface area contributed by atoms with Crippen molar-refractivity contribution >= 4 is 17.7 Å². The second kappa shape index (κ2) is 8.02. The average molecular weight is 356 g/mol. The number of benzene rings is 1. The molecule has 0 radical (unpaired) electrons. The smallest absolute Gasteiger partial charge is 0.231 e. The second-order valence-electron chi connectivity index (χ2n) is 5.51. The minimum atomic E-state index is -0.160. The lowest BCUT2D eigenvalue weighted by Gasteiger charge is -2.11. The molecule has 6 nitrogen and oxygen atoms in total. The first-order chi connectivity index (χ1) is 12.2. The van der Waals surface area contributed by atoms with E-state index in [1.54, 1.807) is 6.26 Å². The largest absolute Gasteiger partial charge is 0.467 e. The number of rotatable bonds is 7. The Labute approximate surface area is 150 Å². The van der Waals surface area contributed by atoms with Gasteiger partial charge < -0.3 is 14.3 Å². The van der Waals surface area contributed by atoms with E-state index in [4.69, 9.17) is 4.42 Å². The van der Waals surface area contributed by atoms with Crippen LogP contribution in [0.4, 0.5) is 0 Å². The third-order valence-electron chi connectivity index (χ3n) is 3.74. The molecule has 1 aromatic carbocycles. The van der Waals surface area contributed by atoms with Crippen LogP contribution in [-0.2, 0) is 11.3 Å². The molecule has 0 fully saturated rings. The van der Waals surface area contributed by atoms with E-state index in [1.807, 2.05) is 60.9 Å². The van der Waals surface area contributed by atoms with Crippen molar-refractivity contribution in [1.29, 1.82) is 0 Å². The topological polar surface area (TPSA) is 73.0 Å². The van der Waals surface area contributed by atoms with Crippen LogP contribution in [0.2, 0.25) is 0 Å². The van der Waals surface area contributed by atoms with E-state index in [1.165, 1.54) is 11.8 Å². The van der Waals surface area contributed by atoms with Gasteiger partial charge in [0.25, 0.3) is 0 Å². The van der Waals surface area contributed by atoms with Gasteiger partial charge in [-0.05, 0) is 26.0 Å². The molecule has 0 bridgehead atoms. The molecular weight excluding hydrogens is 336 g/mol. The van der Waals surface area contributed by atoms with Crippen LogP contribution in [0.25, 0.3) is 11.4 Å². The predicted octanol–water partition coefficient (Wildman–Crippen LogP) is 3.53. The number of hydrogen-bond donors (Lipinski definition) is 1. The highest BCUT2D eigenvalue weighted by Gasteiger charge is 2.16. The third-order valence-corrected chi connectivity index (χ3v) is 4.71. The van der Waals surface area contributed by atoms with Crippen molar-refractivity contribution in [2.75, 3.05) is 5.75 Å². The Morgan fingerprint density at radius 3 is 2.72 bits per heavy atom. The molecule has 3 rings (SSSR count). The summed E-state index contributed by atoms with van der Waals surface area (Å²) in [6.07, 6.45) is 1.60. The van der Waals surface area contributed by atoms with Gasteiger partial charge in [0.05, 0.1) is 18.1 Å². The number of carbonyl (C=O) groups is 1. The molecule has 130 valence electrons. The lowest BCUT2D eigenvalue weighted by Crippen LogP contribution is -2.28. The molecule has 2 heterocycles. The monoisotopic (exact) mass is 356 g/mol. The van der Waals surface area contributed by atoms with Crippen LogP contribution >= 0.6 is 11.8 Å². The fraction of sp³-hybridized carbons (Fsp3) is 0.278. The Kier molecular flexibility index (Phi) is 5.55. The van der Waals surface area contributed by atoms with Gasteiger partial charge >= 0.3 is 0 Å². The van der Waals surface area contributed by atoms with Crippen molar-refractivity contribution in [3.05, 3.63) is 54.5 Å². The van der Waals surface area contributed by atoms with Gasteiger partial charge in [-0.3, -0.25) is 4.79 Å². The summed E-state index contributed by atoms with van der Waals surface area (Å²) in [7, 11) is 0. The highest BCUT2D eigenvalue weighted by atomic mass is 32.2. The molecule has 2 aromatic heterocycles. The van der Waals surface area contributed by atoms with E-state index in [9.17, 15) is 4.79 Å². The lowest BCUT2D eigenvalue weighted by atomic mass is 10.2. The van der Waals surface area contributed by atoms with Crippen LogP contribution in [0.15, 0.2) is 58.3 Å². The summed E-state index contributed by atoms with van der Waals surface area (Å²) in [6, 6.07) is 13.4. The molecule has 25 heavy (non-hydrogen) atoms. The van der Waals surface area contributed by atoms with Crippen molar-refractivity contribution in [2.45, 2.75) is 31.6 Å². The van der Waals surface area contributed by atoms with Crippen LogP contribution in [0.1, 0.15) is 25.6 Å². The summed E-state index contributed by atoms with van der Waals surface area (Å²) >= 11 is 1.38. The van der Waals surface area contributed by atoms with Gasteiger partial charge in [-0.15, -0.1) is 10.2 Å². The highest BCUT2D eigenvalue weighted by molar-refractivity contribution is 7.99. The standard InChI is InChI=1S/C18H20N4O2S/c1-3-22-17(14-8-5-4-6-9-14)20-21-18(22)25-12-16(23)19-13(2)15-10-7-11-24-15/h4-11,13H,3,12H2,1-2H3,(H,19,23)/t13-/m0/s1. The lowest BCUT2D eigenvalue weighted by molar-refractivity contribution is -0.119. The maximum Gasteiger partial charge on any atom is 0.231 e. The molecule has 1 N–H and O–H groups in total. The molecule has 0 aliphatic carbocycles. The summed E-state index contributed by atoms with van der Waals surface area (Å²) in [5, 5.41) is 12.2. The SMILES string of the molecule is CCn1c(SCC(=O)N[C@@H](C)c2ccco2)nnc1-c1ccccc1. The number of thioether (sulfide) groups is 1. The highest BCUT2D eigenvalue weighted by Crippen LogP contribution is 2.23. The molecule has 0 saturated heterocycles.